The molecule has 3 aromatic carbocycles. The molecule has 3 heterocycles. The summed E-state index contributed by atoms with van der Waals surface area (Å²) in [5.74, 6) is 1.84. The lowest BCUT2D eigenvalue weighted by molar-refractivity contribution is 0.114. The van der Waals surface area contributed by atoms with Gasteiger partial charge in [-0.25, -0.2) is 0 Å². The van der Waals surface area contributed by atoms with Crippen LogP contribution in [0.3, 0.4) is 0 Å². The van der Waals surface area contributed by atoms with Crippen molar-refractivity contribution in [1.82, 2.24) is 20.2 Å². The number of likely N-dealkylation sites (tertiary alicyclic amines) is 1. The standard InChI is InChI=1S/C38H37Cl2N5O3S/c1-25-28(5-3-6-32(25)33-7-4-8-35(38(33)40)48-30-9-11-45(2)12-10-30)23-47-37-15-36(46-22-27-13-26(16-41)17-42-18-27)29(14-34(37)39)19-43-20-31-21-44-24-49-31/h3-8,13-15,17-18,21,24,30,43H,9-12,19-20,22-23H2,1-2H3. The van der Waals surface area contributed by atoms with Crippen molar-refractivity contribution >= 4 is 34.5 Å². The van der Waals surface area contributed by atoms with E-state index in [1.54, 1.807) is 23.6 Å². The van der Waals surface area contributed by atoms with E-state index in [1.165, 1.54) is 6.20 Å². The number of nitrogens with one attached hydrogen (secondary N) is 1. The number of halogens is 2. The van der Waals surface area contributed by atoms with Crippen molar-refractivity contribution < 1.29 is 14.2 Å². The zero-order valence-corrected chi connectivity index (χ0v) is 29.7. The summed E-state index contributed by atoms with van der Waals surface area (Å²) in [5.41, 5.74) is 7.95. The van der Waals surface area contributed by atoms with E-state index in [0.29, 0.717) is 52.6 Å². The molecule has 1 aliphatic heterocycles. The Hall–Kier alpha value is -4.17. The second-order valence-electron chi connectivity index (χ2n) is 12.1. The molecule has 11 heteroatoms. The fourth-order valence-electron chi connectivity index (χ4n) is 5.78. The topological polar surface area (TPSA) is 92.5 Å². The summed E-state index contributed by atoms with van der Waals surface area (Å²) in [4.78, 5) is 11.8. The number of thiazole rings is 1. The molecule has 1 saturated heterocycles. The Morgan fingerprint density at radius 1 is 0.898 bits per heavy atom. The van der Waals surface area contributed by atoms with E-state index in [-0.39, 0.29) is 12.7 Å². The van der Waals surface area contributed by atoms with Crippen molar-refractivity contribution in [1.29, 1.82) is 5.26 Å². The summed E-state index contributed by atoms with van der Waals surface area (Å²) in [6.45, 7) is 5.82. The molecule has 0 spiro atoms. The van der Waals surface area contributed by atoms with Crippen LogP contribution in [0.5, 0.6) is 17.2 Å². The molecule has 2 aromatic heterocycles. The van der Waals surface area contributed by atoms with Crippen LogP contribution < -0.4 is 19.5 Å². The van der Waals surface area contributed by atoms with Crippen molar-refractivity contribution in [3.8, 4) is 34.4 Å². The maximum Gasteiger partial charge on any atom is 0.142 e. The highest BCUT2D eigenvalue weighted by atomic mass is 35.5. The summed E-state index contributed by atoms with van der Waals surface area (Å²) >= 11 is 15.4. The molecule has 6 rings (SSSR count). The van der Waals surface area contributed by atoms with Crippen LogP contribution in [0.25, 0.3) is 11.1 Å². The fraction of sp³-hybridized carbons (Fsp3) is 0.289. The first-order valence-corrected chi connectivity index (χ1v) is 17.7. The number of hydrogen-bond donors (Lipinski definition) is 1. The Labute approximate surface area is 301 Å². The molecular weight excluding hydrogens is 677 g/mol. The molecule has 252 valence electrons. The molecule has 0 aliphatic carbocycles. The number of nitriles is 1. The van der Waals surface area contributed by atoms with Crippen LogP contribution in [0, 0.1) is 18.3 Å². The number of nitrogens with zero attached hydrogens (tertiary/aromatic N) is 4. The highest BCUT2D eigenvalue weighted by molar-refractivity contribution is 7.09. The average Bonchev–Trinajstić information content (AvgIpc) is 3.64. The van der Waals surface area contributed by atoms with E-state index in [1.807, 2.05) is 54.2 Å². The molecule has 0 unspecified atom stereocenters. The van der Waals surface area contributed by atoms with Gasteiger partial charge in [-0.2, -0.15) is 5.26 Å². The van der Waals surface area contributed by atoms with Gasteiger partial charge in [0.2, 0.25) is 0 Å². The fourth-order valence-corrected chi connectivity index (χ4v) is 6.85. The lowest BCUT2D eigenvalue weighted by Gasteiger charge is -2.29. The number of hydrogen-bond acceptors (Lipinski definition) is 9. The predicted molar refractivity (Wildman–Crippen MR) is 194 cm³/mol. The smallest absolute Gasteiger partial charge is 0.142 e. The SMILES string of the molecule is Cc1c(COc2cc(OCc3cncc(C#N)c3)c(CNCc3cncs3)cc2Cl)cccc1-c1cccc(OC2CCN(C)CC2)c1Cl. The maximum atomic E-state index is 9.29. The average molecular weight is 715 g/mol. The van der Waals surface area contributed by atoms with Gasteiger partial charge in [0, 0.05) is 72.4 Å². The van der Waals surface area contributed by atoms with Gasteiger partial charge in [-0.1, -0.05) is 53.5 Å². The van der Waals surface area contributed by atoms with E-state index < -0.39 is 0 Å². The van der Waals surface area contributed by atoms with Crippen molar-refractivity contribution in [3.63, 3.8) is 0 Å². The summed E-state index contributed by atoms with van der Waals surface area (Å²) in [7, 11) is 2.14. The molecule has 0 bridgehead atoms. The van der Waals surface area contributed by atoms with Gasteiger partial charge in [0.1, 0.15) is 42.6 Å². The van der Waals surface area contributed by atoms with Crippen LogP contribution in [0.4, 0.5) is 0 Å². The highest BCUT2D eigenvalue weighted by Crippen LogP contribution is 2.39. The number of rotatable bonds is 13. The lowest BCUT2D eigenvalue weighted by atomic mass is 9.96. The second kappa shape index (κ2) is 16.5. The van der Waals surface area contributed by atoms with Crippen molar-refractivity contribution in [2.45, 2.75) is 52.2 Å². The minimum Gasteiger partial charge on any atom is -0.489 e. The van der Waals surface area contributed by atoms with Crippen molar-refractivity contribution in [2.24, 2.45) is 0 Å². The lowest BCUT2D eigenvalue weighted by Crippen LogP contribution is -2.35. The third-order valence-electron chi connectivity index (χ3n) is 8.57. The Balaban J connectivity index is 1.19. The summed E-state index contributed by atoms with van der Waals surface area (Å²) in [6.07, 6.45) is 7.18. The van der Waals surface area contributed by atoms with E-state index >= 15 is 0 Å². The molecule has 1 aliphatic rings. The molecule has 0 saturated carbocycles. The normalized spacial score (nSPS) is 13.6. The zero-order chi connectivity index (χ0) is 34.2. The maximum absolute atomic E-state index is 9.29. The molecule has 1 N–H and O–H groups in total. The molecule has 1 fully saturated rings. The zero-order valence-electron chi connectivity index (χ0n) is 27.4. The predicted octanol–water partition coefficient (Wildman–Crippen LogP) is 8.61. The van der Waals surface area contributed by atoms with Gasteiger partial charge in [-0.05, 0) is 61.7 Å². The third-order valence-corrected chi connectivity index (χ3v) is 10.0. The minimum atomic E-state index is 0.156. The molecular formula is C38H37Cl2N5O3S. The first kappa shape index (κ1) is 34.7. The number of ether oxygens (including phenoxy) is 3. The minimum absolute atomic E-state index is 0.156. The van der Waals surface area contributed by atoms with Crippen LogP contribution >= 0.6 is 34.5 Å². The van der Waals surface area contributed by atoms with Crippen LogP contribution in [0.1, 0.15) is 45.5 Å². The van der Waals surface area contributed by atoms with Crippen LogP contribution in [0.15, 0.2) is 78.7 Å². The van der Waals surface area contributed by atoms with Crippen molar-refractivity contribution in [3.05, 3.63) is 121 Å². The Morgan fingerprint density at radius 3 is 2.49 bits per heavy atom. The van der Waals surface area contributed by atoms with Crippen LogP contribution in [0.2, 0.25) is 10.0 Å². The van der Waals surface area contributed by atoms with E-state index in [9.17, 15) is 5.26 Å². The summed E-state index contributed by atoms with van der Waals surface area (Å²) < 4.78 is 19.0. The van der Waals surface area contributed by atoms with Gasteiger partial charge in [0.05, 0.1) is 21.1 Å². The molecule has 0 atom stereocenters. The monoisotopic (exact) mass is 713 g/mol. The van der Waals surface area contributed by atoms with E-state index in [4.69, 9.17) is 37.4 Å². The Bertz CT molecular complexity index is 1920. The van der Waals surface area contributed by atoms with E-state index in [0.717, 1.165) is 64.2 Å². The third kappa shape index (κ3) is 8.90. The van der Waals surface area contributed by atoms with Gasteiger partial charge in [-0.3, -0.25) is 9.97 Å². The van der Waals surface area contributed by atoms with Crippen LogP contribution in [-0.4, -0.2) is 41.1 Å². The molecule has 0 radical (unpaired) electrons. The molecule has 0 amide bonds. The molecule has 49 heavy (non-hydrogen) atoms. The summed E-state index contributed by atoms with van der Waals surface area (Å²) in [6, 6.07) is 19.7. The largest absolute Gasteiger partial charge is 0.489 e. The first-order chi connectivity index (χ1) is 23.9. The van der Waals surface area contributed by atoms with Gasteiger partial charge in [0.25, 0.3) is 0 Å². The quantitative estimate of drug-likeness (QED) is 0.130. The second-order valence-corrected chi connectivity index (χ2v) is 13.8. The van der Waals surface area contributed by atoms with Gasteiger partial charge >= 0.3 is 0 Å². The number of aromatic nitrogens is 2. The Kier molecular flexibility index (Phi) is 11.7. The number of pyridine rings is 1. The van der Waals surface area contributed by atoms with Gasteiger partial charge in [-0.15, -0.1) is 11.3 Å². The highest BCUT2D eigenvalue weighted by Gasteiger charge is 2.21. The van der Waals surface area contributed by atoms with Gasteiger partial charge in [0.15, 0.2) is 0 Å². The molecule has 8 nitrogen and oxygen atoms in total. The summed E-state index contributed by atoms with van der Waals surface area (Å²) in [5, 5.41) is 13.8. The van der Waals surface area contributed by atoms with E-state index in [2.05, 4.69) is 46.3 Å². The van der Waals surface area contributed by atoms with Crippen LogP contribution in [-0.2, 0) is 26.3 Å². The Morgan fingerprint density at radius 2 is 1.69 bits per heavy atom. The molecule has 5 aromatic rings. The first-order valence-electron chi connectivity index (χ1n) is 16.1. The van der Waals surface area contributed by atoms with Gasteiger partial charge < -0.3 is 24.4 Å². The van der Waals surface area contributed by atoms with Crippen molar-refractivity contribution in [2.75, 3.05) is 20.1 Å². The number of benzene rings is 3. The number of piperidine rings is 1.